The van der Waals surface area contributed by atoms with Crippen LogP contribution in [0.4, 0.5) is 0 Å². The van der Waals surface area contributed by atoms with Crippen LogP contribution in [0, 0.1) is 0 Å². The monoisotopic (exact) mass is 229 g/mol. The molecule has 1 aliphatic rings. The summed E-state index contributed by atoms with van der Waals surface area (Å²) < 4.78 is 1.93. The van der Waals surface area contributed by atoms with E-state index in [1.165, 1.54) is 12.8 Å². The van der Waals surface area contributed by atoms with Crippen LogP contribution in [0.3, 0.4) is 0 Å². The van der Waals surface area contributed by atoms with E-state index in [1.807, 2.05) is 10.8 Å². The molecule has 0 radical (unpaired) electrons. The number of rotatable bonds is 2. The smallest absolute Gasteiger partial charge is 0.160 e. The Labute approximate surface area is 99.9 Å². The minimum Gasteiger partial charge on any atom is -0.316 e. The van der Waals surface area contributed by atoms with Crippen LogP contribution in [0.5, 0.6) is 0 Å². The van der Waals surface area contributed by atoms with E-state index in [4.69, 9.17) is 0 Å². The van der Waals surface area contributed by atoms with Gasteiger partial charge >= 0.3 is 0 Å². The second-order valence-electron chi connectivity index (χ2n) is 4.28. The van der Waals surface area contributed by atoms with Crippen LogP contribution in [0.1, 0.15) is 24.5 Å². The quantitative estimate of drug-likeness (QED) is 0.838. The van der Waals surface area contributed by atoms with Crippen LogP contribution in [0.25, 0.3) is 5.82 Å². The van der Waals surface area contributed by atoms with Crippen molar-refractivity contribution in [2.45, 2.75) is 18.8 Å². The van der Waals surface area contributed by atoms with E-state index in [0.717, 1.165) is 24.6 Å². The summed E-state index contributed by atoms with van der Waals surface area (Å²) in [4.78, 5) is 13.0. The summed E-state index contributed by atoms with van der Waals surface area (Å²) in [6.45, 7) is 2.09. The Morgan fingerprint density at radius 1 is 1.24 bits per heavy atom. The van der Waals surface area contributed by atoms with Gasteiger partial charge in [0.05, 0.1) is 5.69 Å². The molecule has 2 aromatic rings. The Morgan fingerprint density at radius 2 is 2.18 bits per heavy atom. The highest BCUT2D eigenvalue weighted by atomic mass is 15.1. The molecule has 1 saturated heterocycles. The largest absolute Gasteiger partial charge is 0.316 e. The van der Waals surface area contributed by atoms with Gasteiger partial charge in [0.15, 0.2) is 5.82 Å². The SMILES string of the molecule is c1cn(-c2nccnc2[C@H]2CCCNC2)cn1. The standard InChI is InChI=1S/C12H15N5/c1-2-10(8-13-3-1)11-12(16-5-4-15-11)17-7-6-14-9-17/h4-7,9-10,13H,1-3,8H2/t10-/m0/s1. The van der Waals surface area contributed by atoms with Crippen molar-refractivity contribution < 1.29 is 0 Å². The molecule has 5 nitrogen and oxygen atoms in total. The Bertz CT molecular complexity index is 473. The molecule has 0 unspecified atom stereocenters. The highest BCUT2D eigenvalue weighted by Gasteiger charge is 2.20. The highest BCUT2D eigenvalue weighted by molar-refractivity contribution is 5.31. The predicted octanol–water partition coefficient (Wildman–Crippen LogP) is 1.13. The molecule has 0 spiro atoms. The average Bonchev–Trinajstić information content (AvgIpc) is 2.94. The summed E-state index contributed by atoms with van der Waals surface area (Å²) in [6.07, 6.45) is 11.3. The maximum Gasteiger partial charge on any atom is 0.160 e. The van der Waals surface area contributed by atoms with E-state index in [9.17, 15) is 0 Å². The summed E-state index contributed by atoms with van der Waals surface area (Å²) in [7, 11) is 0. The van der Waals surface area contributed by atoms with Gasteiger partial charge in [-0.2, -0.15) is 0 Å². The topological polar surface area (TPSA) is 55.6 Å². The molecule has 1 N–H and O–H groups in total. The van der Waals surface area contributed by atoms with Crippen molar-refractivity contribution >= 4 is 0 Å². The maximum atomic E-state index is 4.51. The van der Waals surface area contributed by atoms with Gasteiger partial charge in [0.25, 0.3) is 0 Å². The van der Waals surface area contributed by atoms with Crippen molar-refractivity contribution in [3.63, 3.8) is 0 Å². The molecule has 0 aromatic carbocycles. The van der Waals surface area contributed by atoms with Crippen molar-refractivity contribution in [3.05, 3.63) is 36.8 Å². The zero-order chi connectivity index (χ0) is 11.5. The van der Waals surface area contributed by atoms with E-state index in [1.54, 1.807) is 24.9 Å². The van der Waals surface area contributed by atoms with Crippen molar-refractivity contribution in [3.8, 4) is 5.82 Å². The Balaban J connectivity index is 1.98. The van der Waals surface area contributed by atoms with Crippen LogP contribution < -0.4 is 5.32 Å². The zero-order valence-electron chi connectivity index (χ0n) is 9.58. The molecule has 0 aliphatic carbocycles. The number of piperidine rings is 1. The van der Waals surface area contributed by atoms with Gasteiger partial charge in [-0.3, -0.25) is 9.55 Å². The van der Waals surface area contributed by atoms with E-state index in [2.05, 4.69) is 20.3 Å². The molecule has 1 atom stereocenters. The minimum atomic E-state index is 0.454. The van der Waals surface area contributed by atoms with Crippen LogP contribution in [0.2, 0.25) is 0 Å². The molecule has 0 bridgehead atoms. The maximum absolute atomic E-state index is 4.51. The van der Waals surface area contributed by atoms with E-state index in [-0.39, 0.29) is 0 Å². The molecule has 3 rings (SSSR count). The lowest BCUT2D eigenvalue weighted by atomic mass is 9.96. The third kappa shape index (κ3) is 2.06. The lowest BCUT2D eigenvalue weighted by Crippen LogP contribution is -2.29. The fourth-order valence-electron chi connectivity index (χ4n) is 2.30. The van der Waals surface area contributed by atoms with Crippen LogP contribution in [-0.4, -0.2) is 32.6 Å². The summed E-state index contributed by atoms with van der Waals surface area (Å²) in [6, 6.07) is 0. The number of hydrogen-bond acceptors (Lipinski definition) is 4. The highest BCUT2D eigenvalue weighted by Crippen LogP contribution is 2.24. The van der Waals surface area contributed by atoms with Gasteiger partial charge < -0.3 is 5.32 Å². The van der Waals surface area contributed by atoms with E-state index < -0.39 is 0 Å². The fourth-order valence-corrected chi connectivity index (χ4v) is 2.30. The first-order valence-electron chi connectivity index (χ1n) is 5.95. The van der Waals surface area contributed by atoms with Crippen molar-refractivity contribution in [2.75, 3.05) is 13.1 Å². The van der Waals surface area contributed by atoms with Gasteiger partial charge in [-0.15, -0.1) is 0 Å². The van der Waals surface area contributed by atoms with Gasteiger partial charge in [-0.1, -0.05) is 0 Å². The first-order valence-corrected chi connectivity index (χ1v) is 5.95. The second kappa shape index (κ2) is 4.63. The van der Waals surface area contributed by atoms with Gasteiger partial charge in [0, 0.05) is 37.3 Å². The Morgan fingerprint density at radius 3 is 2.94 bits per heavy atom. The molecular weight excluding hydrogens is 214 g/mol. The van der Waals surface area contributed by atoms with Crippen molar-refractivity contribution in [1.29, 1.82) is 0 Å². The minimum absolute atomic E-state index is 0.454. The summed E-state index contributed by atoms with van der Waals surface area (Å²) >= 11 is 0. The molecule has 88 valence electrons. The van der Waals surface area contributed by atoms with Gasteiger partial charge in [-0.25, -0.2) is 9.97 Å². The van der Waals surface area contributed by atoms with Crippen LogP contribution in [-0.2, 0) is 0 Å². The molecule has 1 fully saturated rings. The molecule has 2 aromatic heterocycles. The molecule has 17 heavy (non-hydrogen) atoms. The summed E-state index contributed by atoms with van der Waals surface area (Å²) in [5.74, 6) is 1.36. The molecule has 3 heterocycles. The lowest BCUT2D eigenvalue weighted by molar-refractivity contribution is 0.452. The van der Waals surface area contributed by atoms with E-state index >= 15 is 0 Å². The third-order valence-electron chi connectivity index (χ3n) is 3.14. The molecule has 5 heteroatoms. The summed E-state index contributed by atoms with van der Waals surface area (Å²) in [5.41, 5.74) is 1.07. The fraction of sp³-hybridized carbons (Fsp3) is 0.417. The average molecular weight is 229 g/mol. The molecular formula is C12H15N5. The molecule has 0 amide bonds. The van der Waals surface area contributed by atoms with Gasteiger partial charge in [-0.05, 0) is 19.4 Å². The number of nitrogens with zero attached hydrogens (tertiary/aromatic N) is 4. The van der Waals surface area contributed by atoms with Crippen LogP contribution in [0.15, 0.2) is 31.1 Å². The lowest BCUT2D eigenvalue weighted by Gasteiger charge is -2.23. The van der Waals surface area contributed by atoms with Gasteiger partial charge in [0.1, 0.15) is 6.33 Å². The number of aromatic nitrogens is 4. The predicted molar refractivity (Wildman–Crippen MR) is 64.0 cm³/mol. The Kier molecular flexibility index (Phi) is 2.83. The summed E-state index contributed by atoms with van der Waals surface area (Å²) in [5, 5.41) is 3.41. The van der Waals surface area contributed by atoms with Crippen molar-refractivity contribution in [2.24, 2.45) is 0 Å². The number of hydrogen-bond donors (Lipinski definition) is 1. The molecule has 0 saturated carbocycles. The number of nitrogens with one attached hydrogen (secondary N) is 1. The van der Waals surface area contributed by atoms with Crippen LogP contribution >= 0.6 is 0 Å². The normalized spacial score (nSPS) is 20.4. The first-order chi connectivity index (χ1) is 8.45. The number of imidazole rings is 1. The van der Waals surface area contributed by atoms with E-state index in [0.29, 0.717) is 5.92 Å². The van der Waals surface area contributed by atoms with Gasteiger partial charge in [0.2, 0.25) is 0 Å². The Hall–Kier alpha value is -1.75. The second-order valence-corrected chi connectivity index (χ2v) is 4.28. The first kappa shape index (κ1) is 10.4. The molecule has 1 aliphatic heterocycles. The van der Waals surface area contributed by atoms with Crippen molar-refractivity contribution in [1.82, 2.24) is 24.8 Å². The zero-order valence-corrected chi connectivity index (χ0v) is 9.58. The third-order valence-corrected chi connectivity index (χ3v) is 3.14.